The largest absolute Gasteiger partial charge is 0.331 e. The molecule has 0 aromatic heterocycles. The third-order valence-electron chi connectivity index (χ3n) is 3.29. The maximum absolute atomic E-state index is 13.6. The molecule has 7 heteroatoms. The number of barbiturate groups is 1. The van der Waals surface area contributed by atoms with Gasteiger partial charge in [0.15, 0.2) is 0 Å². The topological polar surface area (TPSA) is 66.5 Å². The Morgan fingerprint density at radius 1 is 1.24 bits per heavy atom. The second-order valence-corrected chi connectivity index (χ2v) is 5.18. The molecule has 1 atom stereocenters. The fourth-order valence-corrected chi connectivity index (χ4v) is 2.20. The smallest absolute Gasteiger partial charge is 0.277 e. The van der Waals surface area contributed by atoms with Gasteiger partial charge in [0, 0.05) is 5.56 Å². The molecule has 0 bridgehead atoms. The number of imide groups is 2. The van der Waals surface area contributed by atoms with Crippen molar-refractivity contribution in [2.75, 3.05) is 0 Å². The molecule has 1 saturated heterocycles. The SMILES string of the molecule is CC(C)C1C(=O)NC(=O)N(Cc2cc(F)ccc2F)C1=O. The van der Waals surface area contributed by atoms with Crippen molar-refractivity contribution >= 4 is 17.8 Å². The van der Waals surface area contributed by atoms with Crippen molar-refractivity contribution in [3.8, 4) is 0 Å². The third kappa shape index (κ3) is 2.91. The zero-order valence-corrected chi connectivity index (χ0v) is 11.5. The Kier molecular flexibility index (Phi) is 4.02. The zero-order valence-electron chi connectivity index (χ0n) is 11.5. The average molecular weight is 296 g/mol. The van der Waals surface area contributed by atoms with Crippen molar-refractivity contribution in [2.45, 2.75) is 20.4 Å². The molecule has 1 unspecified atom stereocenters. The number of carbonyl (C=O) groups is 3. The van der Waals surface area contributed by atoms with E-state index >= 15 is 0 Å². The highest BCUT2D eigenvalue weighted by Crippen LogP contribution is 2.21. The first kappa shape index (κ1) is 15.1. The summed E-state index contributed by atoms with van der Waals surface area (Å²) in [6.45, 7) is 2.91. The molecule has 1 aromatic carbocycles. The van der Waals surface area contributed by atoms with Crippen molar-refractivity contribution in [1.29, 1.82) is 0 Å². The number of nitrogens with zero attached hydrogens (tertiary/aromatic N) is 1. The Bertz CT molecular complexity index is 616. The van der Waals surface area contributed by atoms with Gasteiger partial charge in [-0.25, -0.2) is 13.6 Å². The van der Waals surface area contributed by atoms with Gasteiger partial charge < -0.3 is 0 Å². The summed E-state index contributed by atoms with van der Waals surface area (Å²) in [5.74, 6) is -4.11. The molecule has 21 heavy (non-hydrogen) atoms. The summed E-state index contributed by atoms with van der Waals surface area (Å²) in [6.07, 6.45) is 0. The lowest BCUT2D eigenvalue weighted by Crippen LogP contribution is -2.58. The molecule has 1 fully saturated rings. The van der Waals surface area contributed by atoms with Crippen molar-refractivity contribution in [3.05, 3.63) is 35.4 Å². The van der Waals surface area contributed by atoms with Crippen LogP contribution in [-0.2, 0) is 16.1 Å². The van der Waals surface area contributed by atoms with Crippen LogP contribution in [0.25, 0.3) is 0 Å². The summed E-state index contributed by atoms with van der Waals surface area (Å²) in [5, 5.41) is 2.06. The van der Waals surface area contributed by atoms with Crippen LogP contribution in [0.5, 0.6) is 0 Å². The predicted molar refractivity (Wildman–Crippen MR) is 68.8 cm³/mol. The minimum absolute atomic E-state index is 0.129. The first-order valence-corrected chi connectivity index (χ1v) is 6.41. The van der Waals surface area contributed by atoms with Crippen LogP contribution in [-0.4, -0.2) is 22.7 Å². The van der Waals surface area contributed by atoms with E-state index < -0.39 is 41.9 Å². The Balaban J connectivity index is 2.29. The van der Waals surface area contributed by atoms with Gasteiger partial charge in [0.1, 0.15) is 17.6 Å². The normalized spacial score (nSPS) is 19.2. The Morgan fingerprint density at radius 2 is 1.90 bits per heavy atom. The maximum atomic E-state index is 13.6. The van der Waals surface area contributed by atoms with E-state index in [4.69, 9.17) is 0 Å². The van der Waals surface area contributed by atoms with Gasteiger partial charge in [0.25, 0.3) is 0 Å². The van der Waals surface area contributed by atoms with Crippen molar-refractivity contribution in [2.24, 2.45) is 11.8 Å². The monoisotopic (exact) mass is 296 g/mol. The number of amides is 4. The van der Waals surface area contributed by atoms with Crippen LogP contribution in [0.1, 0.15) is 19.4 Å². The van der Waals surface area contributed by atoms with Gasteiger partial charge >= 0.3 is 6.03 Å². The molecule has 0 saturated carbocycles. The standard InChI is InChI=1S/C14H14F2N2O3/c1-7(2)11-12(19)17-14(21)18(13(11)20)6-8-5-9(15)3-4-10(8)16/h3-5,7,11H,6H2,1-2H3,(H,17,19,21). The molecule has 112 valence electrons. The third-order valence-corrected chi connectivity index (χ3v) is 3.29. The Labute approximate surface area is 119 Å². The van der Waals surface area contributed by atoms with Crippen molar-refractivity contribution in [3.63, 3.8) is 0 Å². The van der Waals surface area contributed by atoms with E-state index in [0.29, 0.717) is 0 Å². The lowest BCUT2D eigenvalue weighted by atomic mass is 9.92. The van der Waals surface area contributed by atoms with Gasteiger partial charge in [0.05, 0.1) is 6.54 Å². The molecule has 5 nitrogen and oxygen atoms in total. The molecule has 0 radical (unpaired) electrons. The Morgan fingerprint density at radius 3 is 2.52 bits per heavy atom. The summed E-state index contributed by atoms with van der Waals surface area (Å²) in [6, 6.07) is 1.85. The number of urea groups is 1. The summed E-state index contributed by atoms with van der Waals surface area (Å²) in [4.78, 5) is 36.3. The number of rotatable bonds is 3. The molecule has 0 spiro atoms. The minimum Gasteiger partial charge on any atom is -0.277 e. The summed E-state index contributed by atoms with van der Waals surface area (Å²) < 4.78 is 26.7. The summed E-state index contributed by atoms with van der Waals surface area (Å²) >= 11 is 0. The van der Waals surface area contributed by atoms with Crippen LogP contribution in [0, 0.1) is 23.5 Å². The van der Waals surface area contributed by atoms with Crippen molar-refractivity contribution in [1.82, 2.24) is 10.2 Å². The average Bonchev–Trinajstić information content (AvgIpc) is 2.37. The first-order chi connectivity index (χ1) is 9.81. The van der Waals surface area contributed by atoms with Gasteiger partial charge in [0.2, 0.25) is 11.8 Å². The molecule has 0 aliphatic carbocycles. The van der Waals surface area contributed by atoms with E-state index in [1.165, 1.54) is 0 Å². The molecule has 1 N–H and O–H groups in total. The molecule has 1 aliphatic heterocycles. The fraction of sp³-hybridized carbons (Fsp3) is 0.357. The quantitative estimate of drug-likeness (QED) is 0.865. The highest BCUT2D eigenvalue weighted by atomic mass is 19.1. The predicted octanol–water partition coefficient (Wildman–Crippen LogP) is 1.82. The number of hydrogen-bond acceptors (Lipinski definition) is 3. The number of halogens is 2. The number of hydrogen-bond donors (Lipinski definition) is 1. The molecule has 1 heterocycles. The molecule has 4 amide bonds. The molecular formula is C14H14F2N2O3. The Hall–Kier alpha value is -2.31. The van der Waals surface area contributed by atoms with Gasteiger partial charge in [-0.2, -0.15) is 0 Å². The van der Waals surface area contributed by atoms with E-state index in [-0.39, 0.29) is 11.5 Å². The second-order valence-electron chi connectivity index (χ2n) is 5.18. The van der Waals surface area contributed by atoms with Gasteiger partial charge in [-0.3, -0.25) is 19.8 Å². The number of nitrogens with one attached hydrogen (secondary N) is 1. The molecular weight excluding hydrogens is 282 g/mol. The molecule has 1 aliphatic rings. The zero-order chi connectivity index (χ0) is 15.7. The van der Waals surface area contributed by atoms with Crippen LogP contribution in [0.4, 0.5) is 13.6 Å². The highest BCUT2D eigenvalue weighted by Gasteiger charge is 2.42. The summed E-state index contributed by atoms with van der Waals surface area (Å²) in [7, 11) is 0. The van der Waals surface area contributed by atoms with E-state index in [1.807, 2.05) is 0 Å². The lowest BCUT2D eigenvalue weighted by molar-refractivity contribution is -0.144. The van der Waals surface area contributed by atoms with Gasteiger partial charge in [-0.15, -0.1) is 0 Å². The van der Waals surface area contributed by atoms with Crippen LogP contribution >= 0.6 is 0 Å². The van der Waals surface area contributed by atoms with Crippen LogP contribution in [0.15, 0.2) is 18.2 Å². The fourth-order valence-electron chi connectivity index (χ4n) is 2.20. The van der Waals surface area contributed by atoms with Gasteiger partial charge in [-0.1, -0.05) is 13.8 Å². The highest BCUT2D eigenvalue weighted by molar-refractivity contribution is 6.16. The van der Waals surface area contributed by atoms with E-state index in [0.717, 1.165) is 23.1 Å². The van der Waals surface area contributed by atoms with E-state index in [1.54, 1.807) is 13.8 Å². The van der Waals surface area contributed by atoms with Gasteiger partial charge in [-0.05, 0) is 24.1 Å². The number of carbonyl (C=O) groups excluding carboxylic acids is 3. The van der Waals surface area contributed by atoms with E-state index in [9.17, 15) is 23.2 Å². The maximum Gasteiger partial charge on any atom is 0.331 e. The molecule has 1 aromatic rings. The minimum atomic E-state index is -1.01. The van der Waals surface area contributed by atoms with Crippen LogP contribution < -0.4 is 5.32 Å². The van der Waals surface area contributed by atoms with Crippen molar-refractivity contribution < 1.29 is 23.2 Å². The van der Waals surface area contributed by atoms with Crippen LogP contribution in [0.3, 0.4) is 0 Å². The lowest BCUT2D eigenvalue weighted by Gasteiger charge is -2.31. The van der Waals surface area contributed by atoms with Crippen LogP contribution in [0.2, 0.25) is 0 Å². The second kappa shape index (κ2) is 5.59. The summed E-state index contributed by atoms with van der Waals surface area (Å²) in [5.41, 5.74) is -0.129. The molecule has 2 rings (SSSR count). The van der Waals surface area contributed by atoms with E-state index in [2.05, 4.69) is 5.32 Å². The first-order valence-electron chi connectivity index (χ1n) is 6.41. The number of benzene rings is 1.